The minimum atomic E-state index is 0.0860. The molecule has 0 saturated carbocycles. The van der Waals surface area contributed by atoms with E-state index in [4.69, 9.17) is 19.4 Å². The van der Waals surface area contributed by atoms with Crippen molar-refractivity contribution in [2.75, 3.05) is 0 Å². The summed E-state index contributed by atoms with van der Waals surface area (Å²) in [5, 5.41) is 4.37. The van der Waals surface area contributed by atoms with Crippen molar-refractivity contribution in [3.63, 3.8) is 0 Å². The standard InChI is InChI=1S/C39H26N4O/c1-4-13-25(14-5-1)37-40-38(26-15-6-2-7-16-26)42-39(41-37)31-21-12-20-28-29-23-24-33-34(36(29)44-35(28)31)30-19-10-11-22-32(30)43(33)27-17-8-3-9-18-27/h1-15,17-24,26H,16H2. The van der Waals surface area contributed by atoms with Crippen LogP contribution in [0.25, 0.3) is 72.2 Å². The normalized spacial score (nSPS) is 14.8. The Bertz CT molecular complexity index is 2420. The van der Waals surface area contributed by atoms with Gasteiger partial charge in [0.15, 0.2) is 11.6 Å². The maximum Gasteiger partial charge on any atom is 0.167 e. The highest BCUT2D eigenvalue weighted by Gasteiger charge is 2.22. The van der Waals surface area contributed by atoms with E-state index in [-0.39, 0.29) is 5.92 Å². The molecule has 0 N–H and O–H groups in total. The van der Waals surface area contributed by atoms with Crippen LogP contribution in [0.5, 0.6) is 0 Å². The van der Waals surface area contributed by atoms with E-state index in [0.29, 0.717) is 11.6 Å². The van der Waals surface area contributed by atoms with Gasteiger partial charge in [-0.15, -0.1) is 0 Å². The molecule has 44 heavy (non-hydrogen) atoms. The van der Waals surface area contributed by atoms with Gasteiger partial charge >= 0.3 is 0 Å². The van der Waals surface area contributed by atoms with Gasteiger partial charge in [-0.3, -0.25) is 0 Å². The maximum absolute atomic E-state index is 6.90. The van der Waals surface area contributed by atoms with Crippen LogP contribution < -0.4 is 0 Å². The highest BCUT2D eigenvalue weighted by molar-refractivity contribution is 6.24. The maximum atomic E-state index is 6.90. The lowest BCUT2D eigenvalue weighted by Crippen LogP contribution is -2.07. The lowest BCUT2D eigenvalue weighted by Gasteiger charge is -2.14. The second-order valence-corrected chi connectivity index (χ2v) is 11.2. The van der Waals surface area contributed by atoms with E-state index in [2.05, 4.69) is 108 Å². The molecule has 0 radical (unpaired) electrons. The van der Waals surface area contributed by atoms with Crippen LogP contribution in [-0.4, -0.2) is 19.5 Å². The predicted octanol–water partition coefficient (Wildman–Crippen LogP) is 9.80. The molecule has 0 spiro atoms. The molecule has 5 heteroatoms. The molecular weight excluding hydrogens is 540 g/mol. The molecule has 0 saturated heterocycles. The molecule has 8 aromatic rings. The fourth-order valence-corrected chi connectivity index (χ4v) is 6.51. The topological polar surface area (TPSA) is 56.7 Å². The third-order valence-corrected chi connectivity index (χ3v) is 8.55. The fraction of sp³-hybridized carbons (Fsp3) is 0.0513. The van der Waals surface area contributed by atoms with Crippen LogP contribution >= 0.6 is 0 Å². The smallest absolute Gasteiger partial charge is 0.167 e. The molecule has 3 heterocycles. The monoisotopic (exact) mass is 566 g/mol. The van der Waals surface area contributed by atoms with Crippen molar-refractivity contribution in [3.05, 3.63) is 145 Å². The second-order valence-electron chi connectivity index (χ2n) is 11.2. The molecule has 3 aromatic heterocycles. The Balaban J connectivity index is 1.32. The summed E-state index contributed by atoms with van der Waals surface area (Å²) in [6.07, 6.45) is 9.31. The molecule has 1 atom stereocenters. The average molecular weight is 567 g/mol. The van der Waals surface area contributed by atoms with Crippen LogP contribution in [0, 0.1) is 0 Å². The van der Waals surface area contributed by atoms with Crippen molar-refractivity contribution in [2.24, 2.45) is 0 Å². The van der Waals surface area contributed by atoms with E-state index in [0.717, 1.165) is 72.8 Å². The number of furan rings is 1. The van der Waals surface area contributed by atoms with E-state index in [1.165, 1.54) is 0 Å². The molecule has 0 fully saturated rings. The summed E-state index contributed by atoms with van der Waals surface area (Å²) >= 11 is 0. The highest BCUT2D eigenvalue weighted by Crippen LogP contribution is 2.42. The van der Waals surface area contributed by atoms with Gasteiger partial charge in [0.2, 0.25) is 0 Å². The molecule has 5 aromatic carbocycles. The molecule has 5 nitrogen and oxygen atoms in total. The zero-order chi connectivity index (χ0) is 29.0. The first-order chi connectivity index (χ1) is 21.8. The van der Waals surface area contributed by atoms with E-state index in [9.17, 15) is 0 Å². The molecule has 0 aliphatic heterocycles. The molecule has 1 unspecified atom stereocenters. The average Bonchev–Trinajstić information content (AvgIpc) is 3.65. The van der Waals surface area contributed by atoms with Crippen LogP contribution in [0.2, 0.25) is 0 Å². The van der Waals surface area contributed by atoms with Gasteiger partial charge in [0.05, 0.1) is 22.0 Å². The van der Waals surface area contributed by atoms with E-state index in [1.807, 2.05) is 36.4 Å². The molecule has 1 aliphatic rings. The van der Waals surface area contributed by atoms with Crippen molar-refractivity contribution in [2.45, 2.75) is 12.3 Å². The number of fused-ring (bicyclic) bond motifs is 7. The van der Waals surface area contributed by atoms with Gasteiger partial charge in [-0.05, 0) is 42.8 Å². The van der Waals surface area contributed by atoms with E-state index in [1.54, 1.807) is 0 Å². The summed E-state index contributed by atoms with van der Waals surface area (Å²) < 4.78 is 9.21. The molecule has 1 aliphatic carbocycles. The first-order valence-corrected chi connectivity index (χ1v) is 14.9. The zero-order valence-corrected chi connectivity index (χ0v) is 23.8. The summed E-state index contributed by atoms with van der Waals surface area (Å²) in [4.78, 5) is 15.0. The summed E-state index contributed by atoms with van der Waals surface area (Å²) in [5.74, 6) is 2.12. The number of hydrogen-bond donors (Lipinski definition) is 0. The number of benzene rings is 5. The lowest BCUT2D eigenvalue weighted by atomic mass is 10.00. The number of hydrogen-bond acceptors (Lipinski definition) is 4. The highest BCUT2D eigenvalue weighted by atomic mass is 16.3. The van der Waals surface area contributed by atoms with Crippen molar-refractivity contribution < 1.29 is 4.42 Å². The Morgan fingerprint density at radius 3 is 2.18 bits per heavy atom. The third-order valence-electron chi connectivity index (χ3n) is 8.55. The van der Waals surface area contributed by atoms with Gasteiger partial charge in [0.1, 0.15) is 17.0 Å². The minimum absolute atomic E-state index is 0.0860. The van der Waals surface area contributed by atoms with Gasteiger partial charge in [0, 0.05) is 33.3 Å². The van der Waals surface area contributed by atoms with Crippen LogP contribution in [-0.2, 0) is 0 Å². The second kappa shape index (κ2) is 9.89. The van der Waals surface area contributed by atoms with Crippen LogP contribution in [0.3, 0.4) is 0 Å². The van der Waals surface area contributed by atoms with Crippen LogP contribution in [0.15, 0.2) is 144 Å². The Kier molecular flexibility index (Phi) is 5.56. The van der Waals surface area contributed by atoms with E-state index < -0.39 is 0 Å². The summed E-state index contributed by atoms with van der Waals surface area (Å²) in [7, 11) is 0. The van der Waals surface area contributed by atoms with Gasteiger partial charge in [-0.1, -0.05) is 103 Å². The Morgan fingerprint density at radius 2 is 1.34 bits per heavy atom. The molecule has 208 valence electrons. The first kappa shape index (κ1) is 24.8. The fourth-order valence-electron chi connectivity index (χ4n) is 6.51. The summed E-state index contributed by atoms with van der Waals surface area (Å²) in [6, 6.07) is 39.8. The van der Waals surface area contributed by atoms with Crippen molar-refractivity contribution >= 4 is 43.7 Å². The number of allylic oxidation sites excluding steroid dienone is 4. The molecular formula is C39H26N4O. The summed E-state index contributed by atoms with van der Waals surface area (Å²) in [5.41, 5.74) is 6.83. The lowest BCUT2D eigenvalue weighted by molar-refractivity contribution is 0.673. The SMILES string of the molecule is C1=CCC(c2nc(-c3ccccc3)nc(-c3cccc4c3oc3c4ccc4c3c3ccccc3n4-c3ccccc3)n2)C=C1. The Hall–Kier alpha value is -5.81. The van der Waals surface area contributed by atoms with Crippen LogP contribution in [0.1, 0.15) is 18.2 Å². The third kappa shape index (κ3) is 3.83. The van der Waals surface area contributed by atoms with E-state index >= 15 is 0 Å². The molecule has 0 bridgehead atoms. The van der Waals surface area contributed by atoms with Gasteiger partial charge in [0.25, 0.3) is 0 Å². The first-order valence-electron chi connectivity index (χ1n) is 14.9. The molecule has 9 rings (SSSR count). The Labute approximate surface area is 253 Å². The Morgan fingerprint density at radius 1 is 0.591 bits per heavy atom. The largest absolute Gasteiger partial charge is 0.455 e. The quantitative estimate of drug-likeness (QED) is 0.213. The van der Waals surface area contributed by atoms with Gasteiger partial charge < -0.3 is 8.98 Å². The number of para-hydroxylation sites is 3. The number of nitrogens with zero attached hydrogens (tertiary/aromatic N) is 4. The van der Waals surface area contributed by atoms with Gasteiger partial charge in [-0.25, -0.2) is 15.0 Å². The van der Waals surface area contributed by atoms with Crippen LogP contribution in [0.4, 0.5) is 0 Å². The van der Waals surface area contributed by atoms with Crippen molar-refractivity contribution in [1.29, 1.82) is 0 Å². The molecule has 0 amide bonds. The summed E-state index contributed by atoms with van der Waals surface area (Å²) in [6.45, 7) is 0. The minimum Gasteiger partial charge on any atom is -0.455 e. The van der Waals surface area contributed by atoms with Crippen molar-refractivity contribution in [3.8, 4) is 28.5 Å². The number of aromatic nitrogens is 4. The van der Waals surface area contributed by atoms with Crippen molar-refractivity contribution in [1.82, 2.24) is 19.5 Å². The predicted molar refractivity (Wildman–Crippen MR) is 178 cm³/mol. The number of rotatable bonds is 4. The van der Waals surface area contributed by atoms with Gasteiger partial charge in [-0.2, -0.15) is 0 Å². The zero-order valence-electron chi connectivity index (χ0n) is 23.8.